The van der Waals surface area contributed by atoms with E-state index >= 15 is 0 Å². The molecule has 0 aliphatic heterocycles. The van der Waals surface area contributed by atoms with Crippen LogP contribution in [0.25, 0.3) is 6.08 Å². The summed E-state index contributed by atoms with van der Waals surface area (Å²) >= 11 is 0. The Hall–Kier alpha value is -1.10. The molecule has 3 nitrogen and oxygen atoms in total. The molecule has 4 heteroatoms. The van der Waals surface area contributed by atoms with Crippen molar-refractivity contribution in [2.75, 3.05) is 0 Å². The van der Waals surface area contributed by atoms with Gasteiger partial charge in [0.1, 0.15) is 0 Å². The van der Waals surface area contributed by atoms with Gasteiger partial charge in [-0.05, 0) is 5.56 Å². The van der Waals surface area contributed by atoms with Crippen LogP contribution in [-0.2, 0) is 9.84 Å². The lowest BCUT2D eigenvalue weighted by atomic mass is 10.0. The lowest BCUT2D eigenvalue weighted by molar-refractivity contribution is -0.441. The van der Waals surface area contributed by atoms with E-state index in [1.807, 2.05) is 36.4 Å². The summed E-state index contributed by atoms with van der Waals surface area (Å²) in [5, 5.41) is 11.2. The van der Waals surface area contributed by atoms with Crippen molar-refractivity contribution in [2.24, 2.45) is 0 Å². The van der Waals surface area contributed by atoms with Gasteiger partial charge in [0.2, 0.25) is 0 Å². The summed E-state index contributed by atoms with van der Waals surface area (Å²) in [7, 11) is 0.228. The van der Waals surface area contributed by atoms with Crippen molar-refractivity contribution in [1.82, 2.24) is 0 Å². The summed E-state index contributed by atoms with van der Waals surface area (Å²) in [4.78, 5) is 4.22. The molecule has 1 aromatic carbocycles. The van der Waals surface area contributed by atoms with Crippen LogP contribution in [0.15, 0.2) is 36.3 Å². The largest absolute Gasteiger partial charge is 0.352 e. The molecular weight excluding hydrogens is 155 g/mol. The molecule has 0 aliphatic rings. The third kappa shape index (κ3) is 3.34. The van der Waals surface area contributed by atoms with E-state index in [-0.39, 0.29) is 7.48 Å². The molecule has 0 bridgehead atoms. The first-order chi connectivity index (χ1) is 5.93. The SMILES string of the molecule is OOOB/C=C/c1ccccc1. The Morgan fingerprint density at radius 1 is 1.25 bits per heavy atom. The van der Waals surface area contributed by atoms with E-state index in [0.717, 1.165) is 5.56 Å². The van der Waals surface area contributed by atoms with Crippen LogP contribution in [0.5, 0.6) is 0 Å². The zero-order chi connectivity index (χ0) is 8.65. The molecule has 0 fully saturated rings. The summed E-state index contributed by atoms with van der Waals surface area (Å²) in [5.41, 5.74) is 1.08. The van der Waals surface area contributed by atoms with E-state index in [0.29, 0.717) is 0 Å². The van der Waals surface area contributed by atoms with E-state index in [1.54, 1.807) is 5.98 Å². The predicted molar refractivity (Wildman–Crippen MR) is 47.4 cm³/mol. The quantitative estimate of drug-likeness (QED) is 0.316. The first kappa shape index (κ1) is 9.00. The molecule has 0 aliphatic carbocycles. The average Bonchev–Trinajstić information content (AvgIpc) is 2.14. The van der Waals surface area contributed by atoms with Crippen LogP contribution >= 0.6 is 0 Å². The van der Waals surface area contributed by atoms with Gasteiger partial charge < -0.3 is 0 Å². The Labute approximate surface area is 71.4 Å². The third-order valence-electron chi connectivity index (χ3n) is 1.33. The normalized spacial score (nSPS) is 10.4. The van der Waals surface area contributed by atoms with Crippen molar-refractivity contribution >= 4 is 13.6 Å². The zero-order valence-corrected chi connectivity index (χ0v) is 6.51. The summed E-state index contributed by atoms with van der Waals surface area (Å²) in [6.45, 7) is 0. The molecule has 0 heterocycles. The second kappa shape index (κ2) is 5.54. The van der Waals surface area contributed by atoms with Gasteiger partial charge in [0.15, 0.2) is 0 Å². The molecule has 0 atom stereocenters. The minimum absolute atomic E-state index is 0.228. The maximum Gasteiger partial charge on any atom is 0.352 e. The van der Waals surface area contributed by atoms with Crippen LogP contribution in [0.2, 0.25) is 0 Å². The van der Waals surface area contributed by atoms with Gasteiger partial charge in [-0.2, -0.15) is 0 Å². The van der Waals surface area contributed by atoms with Crippen LogP contribution in [-0.4, -0.2) is 12.7 Å². The van der Waals surface area contributed by atoms with E-state index in [2.05, 4.69) is 9.84 Å². The smallest absolute Gasteiger partial charge is 0.275 e. The van der Waals surface area contributed by atoms with Crippen molar-refractivity contribution in [3.63, 3.8) is 0 Å². The summed E-state index contributed by atoms with van der Waals surface area (Å²) in [6, 6.07) is 9.78. The Balaban J connectivity index is 2.36. The molecule has 1 aromatic rings. The summed E-state index contributed by atoms with van der Waals surface area (Å²) in [6.07, 6.45) is 1.87. The van der Waals surface area contributed by atoms with Gasteiger partial charge in [-0.3, -0.25) is 4.81 Å². The van der Waals surface area contributed by atoms with Crippen LogP contribution in [0, 0.1) is 0 Å². The van der Waals surface area contributed by atoms with Crippen molar-refractivity contribution in [3.8, 4) is 0 Å². The molecule has 62 valence electrons. The summed E-state index contributed by atoms with van der Waals surface area (Å²) < 4.78 is 0. The van der Waals surface area contributed by atoms with Gasteiger partial charge in [-0.25, -0.2) is 5.26 Å². The number of hydrogen-bond donors (Lipinski definition) is 1. The highest BCUT2D eigenvalue weighted by atomic mass is 17.5. The van der Waals surface area contributed by atoms with Gasteiger partial charge in [0.05, 0.1) is 0 Å². The number of hydrogen-bond acceptors (Lipinski definition) is 3. The first-order valence-electron chi connectivity index (χ1n) is 3.58. The molecule has 0 saturated heterocycles. The standard InChI is InChI=1S/C8H9BO3/c10-12-11-9-7-6-8-4-2-1-3-5-8/h1-7,9-10H/b7-6+. The van der Waals surface area contributed by atoms with Gasteiger partial charge in [0.25, 0.3) is 0 Å². The van der Waals surface area contributed by atoms with E-state index in [1.165, 1.54) is 0 Å². The van der Waals surface area contributed by atoms with E-state index in [9.17, 15) is 0 Å². The Morgan fingerprint density at radius 2 is 2.00 bits per heavy atom. The van der Waals surface area contributed by atoms with Crippen LogP contribution in [0.3, 0.4) is 0 Å². The zero-order valence-electron chi connectivity index (χ0n) is 6.51. The van der Waals surface area contributed by atoms with Crippen molar-refractivity contribution < 1.29 is 15.1 Å². The van der Waals surface area contributed by atoms with Crippen LogP contribution in [0.1, 0.15) is 5.56 Å². The molecule has 1 rings (SSSR count). The highest BCUT2D eigenvalue weighted by molar-refractivity contribution is 6.35. The monoisotopic (exact) mass is 164 g/mol. The van der Waals surface area contributed by atoms with Crippen LogP contribution < -0.4 is 0 Å². The molecular formula is C8H9BO3. The number of rotatable bonds is 4. The molecule has 0 aromatic heterocycles. The second-order valence-corrected chi connectivity index (χ2v) is 2.17. The predicted octanol–water partition coefficient (Wildman–Crippen LogP) is 1.43. The second-order valence-electron chi connectivity index (χ2n) is 2.17. The van der Waals surface area contributed by atoms with Crippen molar-refractivity contribution in [1.29, 1.82) is 0 Å². The molecule has 0 amide bonds. The maximum atomic E-state index is 7.81. The molecule has 0 saturated carbocycles. The van der Waals surface area contributed by atoms with Crippen molar-refractivity contribution in [3.05, 3.63) is 41.9 Å². The molecule has 1 N–H and O–H groups in total. The third-order valence-corrected chi connectivity index (χ3v) is 1.33. The van der Waals surface area contributed by atoms with E-state index < -0.39 is 0 Å². The molecule has 0 radical (unpaired) electrons. The van der Waals surface area contributed by atoms with Gasteiger partial charge >= 0.3 is 7.48 Å². The van der Waals surface area contributed by atoms with Crippen LogP contribution in [0.4, 0.5) is 0 Å². The fourth-order valence-corrected chi connectivity index (χ4v) is 0.818. The lowest BCUT2D eigenvalue weighted by Crippen LogP contribution is -1.92. The first-order valence-corrected chi connectivity index (χ1v) is 3.58. The summed E-state index contributed by atoms with van der Waals surface area (Å²) in [5.74, 6) is 1.74. The van der Waals surface area contributed by atoms with Crippen molar-refractivity contribution in [2.45, 2.75) is 0 Å². The minimum atomic E-state index is 0.228. The fourth-order valence-electron chi connectivity index (χ4n) is 0.818. The topological polar surface area (TPSA) is 38.7 Å². The van der Waals surface area contributed by atoms with E-state index in [4.69, 9.17) is 5.26 Å². The lowest BCUT2D eigenvalue weighted by Gasteiger charge is -1.90. The Bertz CT molecular complexity index is 235. The highest BCUT2D eigenvalue weighted by Gasteiger charge is 1.85. The molecule has 0 spiro atoms. The molecule has 0 unspecified atom stereocenters. The highest BCUT2D eigenvalue weighted by Crippen LogP contribution is 1.99. The maximum absolute atomic E-state index is 7.81. The number of benzene rings is 1. The van der Waals surface area contributed by atoms with Gasteiger partial charge in [-0.1, -0.05) is 47.4 Å². The minimum Gasteiger partial charge on any atom is -0.275 e. The Kier molecular flexibility index (Phi) is 4.15. The Morgan fingerprint density at radius 3 is 2.67 bits per heavy atom. The average molecular weight is 164 g/mol. The van der Waals surface area contributed by atoms with Gasteiger partial charge in [0, 0.05) is 0 Å². The molecule has 12 heavy (non-hydrogen) atoms. The fraction of sp³-hybridized carbons (Fsp3) is 0. The van der Waals surface area contributed by atoms with Gasteiger partial charge in [-0.15, -0.1) is 0 Å².